The third kappa shape index (κ3) is 9.63. The number of halogens is 1. The molecule has 0 aromatic heterocycles. The summed E-state index contributed by atoms with van der Waals surface area (Å²) in [5.74, 6) is -1.02. The maximum absolute atomic E-state index is 13.7. The summed E-state index contributed by atoms with van der Waals surface area (Å²) < 4.78 is 19.7. The molecule has 2 aliphatic rings. The molecule has 3 amide bonds. The number of aliphatic hydroxyl groups is 1. The van der Waals surface area contributed by atoms with Crippen molar-refractivity contribution in [1.82, 2.24) is 21.3 Å². The van der Waals surface area contributed by atoms with Crippen molar-refractivity contribution < 1.29 is 28.6 Å². The number of rotatable bonds is 3. The molecule has 1 aliphatic carbocycles. The molecule has 1 aliphatic heterocycles. The van der Waals surface area contributed by atoms with Crippen LogP contribution in [0.25, 0.3) is 0 Å². The summed E-state index contributed by atoms with van der Waals surface area (Å²) >= 11 is 0. The number of aliphatic hydroxyl groups excluding tert-OH is 1. The SMILES string of the molecule is CC(C)[C@H]1NC(=O)C(C#[P+]c2cccc(F)c2)NCCOc2ccccc2C[C@H](O)CNC(=O)[C@H](CC2CC2)NC1=O. The van der Waals surface area contributed by atoms with E-state index in [2.05, 4.69) is 26.9 Å². The van der Waals surface area contributed by atoms with Crippen molar-refractivity contribution in [2.24, 2.45) is 11.8 Å². The van der Waals surface area contributed by atoms with Gasteiger partial charge in [-0.2, -0.15) is 0 Å². The number of hydrogen-bond donors (Lipinski definition) is 5. The van der Waals surface area contributed by atoms with Gasteiger partial charge in [-0.15, -0.1) is 0 Å². The first kappa shape index (κ1) is 31.6. The molecular weight excluding hydrogens is 558 g/mol. The van der Waals surface area contributed by atoms with E-state index in [-0.39, 0.29) is 43.8 Å². The third-order valence-electron chi connectivity index (χ3n) is 7.19. The quantitative estimate of drug-likeness (QED) is 0.344. The van der Waals surface area contributed by atoms with Gasteiger partial charge in [-0.1, -0.05) is 0 Å². The predicted molar refractivity (Wildman–Crippen MR) is 159 cm³/mol. The van der Waals surface area contributed by atoms with Crippen molar-refractivity contribution in [3.63, 3.8) is 0 Å². The Kier molecular flexibility index (Phi) is 11.5. The topological polar surface area (TPSA) is 129 Å². The van der Waals surface area contributed by atoms with Gasteiger partial charge in [0, 0.05) is 0 Å². The summed E-state index contributed by atoms with van der Waals surface area (Å²) in [6, 6.07) is 10.7. The van der Waals surface area contributed by atoms with Crippen molar-refractivity contribution >= 4 is 31.1 Å². The van der Waals surface area contributed by atoms with Gasteiger partial charge in [-0.25, -0.2) is 0 Å². The molecule has 1 heterocycles. The number of ether oxygens (including phenoxy) is 1. The molecule has 4 rings (SSSR count). The van der Waals surface area contributed by atoms with Crippen LogP contribution in [0.15, 0.2) is 48.5 Å². The van der Waals surface area contributed by atoms with Crippen LogP contribution in [0.4, 0.5) is 4.39 Å². The van der Waals surface area contributed by atoms with E-state index in [0.717, 1.165) is 18.4 Å². The first-order valence-electron chi connectivity index (χ1n) is 14.4. The number of para-hydroxylation sites is 1. The Bertz CT molecular complexity index is 1330. The van der Waals surface area contributed by atoms with Gasteiger partial charge in [0.05, 0.1) is 0 Å². The van der Waals surface area contributed by atoms with Gasteiger partial charge in [0.1, 0.15) is 0 Å². The van der Waals surface area contributed by atoms with Crippen molar-refractivity contribution in [3.05, 3.63) is 59.9 Å². The molecule has 9 nitrogen and oxygen atoms in total. The van der Waals surface area contributed by atoms with E-state index < -0.39 is 36.0 Å². The third-order valence-corrected chi connectivity index (χ3v) is 8.11. The van der Waals surface area contributed by atoms with Gasteiger partial charge in [0.15, 0.2) is 0 Å². The van der Waals surface area contributed by atoms with Crippen LogP contribution in [0, 0.1) is 23.3 Å². The van der Waals surface area contributed by atoms with Crippen molar-refractivity contribution in [3.8, 4) is 11.4 Å². The van der Waals surface area contributed by atoms with Crippen LogP contribution >= 0.6 is 8.04 Å². The van der Waals surface area contributed by atoms with E-state index in [0.29, 0.717) is 31.4 Å². The predicted octanol–water partition coefficient (Wildman–Crippen LogP) is 1.85. The average molecular weight is 598 g/mol. The summed E-state index contributed by atoms with van der Waals surface area (Å²) in [7, 11) is 0.494. The van der Waals surface area contributed by atoms with Crippen LogP contribution in [0.2, 0.25) is 0 Å². The number of fused-ring (bicyclic) bond motifs is 1. The van der Waals surface area contributed by atoms with E-state index in [1.165, 1.54) is 12.1 Å². The summed E-state index contributed by atoms with van der Waals surface area (Å²) in [4.78, 5) is 40.0. The fourth-order valence-electron chi connectivity index (χ4n) is 4.68. The Hall–Kier alpha value is -3.29. The van der Waals surface area contributed by atoms with Gasteiger partial charge in [0.25, 0.3) is 0 Å². The zero-order chi connectivity index (χ0) is 30.1. The molecule has 1 saturated carbocycles. The van der Waals surface area contributed by atoms with E-state index in [9.17, 15) is 23.9 Å². The summed E-state index contributed by atoms with van der Waals surface area (Å²) in [6.45, 7) is 4.14. The number of β-amino-alcohol motifs (C(OH)–C–C–N with tert-alkyl or cyclic N) is 1. The van der Waals surface area contributed by atoms with Crippen LogP contribution in [0.3, 0.4) is 0 Å². The monoisotopic (exact) mass is 597 g/mol. The van der Waals surface area contributed by atoms with Gasteiger partial charge >= 0.3 is 248 Å². The number of hydrogen-bond acceptors (Lipinski definition) is 6. The number of nitrogens with one attached hydrogen (secondary N) is 4. The molecule has 11 heteroatoms. The van der Waals surface area contributed by atoms with Crippen LogP contribution in [0.5, 0.6) is 5.75 Å². The van der Waals surface area contributed by atoms with Gasteiger partial charge < -0.3 is 0 Å². The Morgan fingerprint density at radius 2 is 1.83 bits per heavy atom. The maximum atomic E-state index is 13.7. The molecule has 42 heavy (non-hydrogen) atoms. The molecule has 224 valence electrons. The Labute approximate surface area is 247 Å². The number of carbonyl (C=O) groups excluding carboxylic acids is 3. The standard InChI is InChI=1S/C31H38FN4O5P/c1-19(2)28-31(40)35-25(14-20-10-11-20)29(38)34-17-23(37)15-21-6-3-4-9-27(21)41-13-12-33-26(30(39)36-28)18-42-24-8-5-7-22(32)16-24/h3-9,16,19-20,23,25-26,28,33,37H,10-15,17H2,1-2H3,(H2-,34,35,36,38,39,40)/p+1/t23-,25-,26?,28+/m0/s1. The van der Waals surface area contributed by atoms with E-state index in [1.807, 2.05) is 32.0 Å². The molecular formula is C31H39FN4O5P+. The van der Waals surface area contributed by atoms with Crippen LogP contribution in [0.1, 0.15) is 38.7 Å². The van der Waals surface area contributed by atoms with Crippen LogP contribution in [-0.2, 0) is 20.8 Å². The molecule has 0 radical (unpaired) electrons. The first-order chi connectivity index (χ1) is 20.2. The molecule has 4 atom stereocenters. The molecule has 0 bridgehead atoms. The summed E-state index contributed by atoms with van der Waals surface area (Å²) in [5, 5.41) is 22.9. The fraction of sp³-hybridized carbons (Fsp3) is 0.484. The Morgan fingerprint density at radius 3 is 2.57 bits per heavy atom. The molecule has 1 fully saturated rings. The van der Waals surface area contributed by atoms with Crippen molar-refractivity contribution in [2.75, 3.05) is 19.7 Å². The second-order valence-corrected chi connectivity index (χ2v) is 12.1. The molecule has 0 saturated heterocycles. The van der Waals surface area contributed by atoms with E-state index in [1.54, 1.807) is 18.2 Å². The van der Waals surface area contributed by atoms with E-state index in [4.69, 9.17) is 4.74 Å². The molecule has 2 aromatic carbocycles. The average Bonchev–Trinajstić information content (AvgIpc) is 3.78. The second-order valence-electron chi connectivity index (χ2n) is 11.1. The van der Waals surface area contributed by atoms with Crippen LogP contribution < -0.4 is 31.3 Å². The summed E-state index contributed by atoms with van der Waals surface area (Å²) in [6.07, 6.45) is 1.88. The van der Waals surface area contributed by atoms with Crippen LogP contribution in [-0.4, -0.2) is 66.8 Å². The van der Waals surface area contributed by atoms with Crippen molar-refractivity contribution in [2.45, 2.75) is 63.8 Å². The van der Waals surface area contributed by atoms with E-state index >= 15 is 0 Å². The number of carbonyl (C=O) groups is 3. The fourth-order valence-corrected chi connectivity index (χ4v) is 5.51. The van der Waals surface area contributed by atoms with Crippen molar-refractivity contribution in [1.29, 1.82) is 0 Å². The molecule has 5 N–H and O–H groups in total. The Balaban J connectivity index is 1.60. The minimum absolute atomic E-state index is 0.0218. The second kappa shape index (κ2) is 15.3. The first-order valence-corrected chi connectivity index (χ1v) is 15.3. The Morgan fingerprint density at radius 1 is 1.05 bits per heavy atom. The zero-order valence-electron chi connectivity index (χ0n) is 23.9. The summed E-state index contributed by atoms with van der Waals surface area (Å²) in [5.41, 5.74) is 3.86. The minimum atomic E-state index is -0.936. The number of benzene rings is 2. The molecule has 0 spiro atoms. The van der Waals surface area contributed by atoms with Gasteiger partial charge in [0.2, 0.25) is 0 Å². The van der Waals surface area contributed by atoms with Gasteiger partial charge in [-0.3, -0.25) is 0 Å². The van der Waals surface area contributed by atoms with Gasteiger partial charge in [-0.05, 0) is 0 Å². The number of amides is 3. The molecule has 1 unspecified atom stereocenters. The zero-order valence-corrected chi connectivity index (χ0v) is 24.8. The molecule has 2 aromatic rings. The normalized spacial score (nSPS) is 24.5.